The average molecular weight is 253 g/mol. The highest BCUT2D eigenvalue weighted by atomic mass is 16.1. The van der Waals surface area contributed by atoms with E-state index in [0.717, 1.165) is 12.1 Å². The van der Waals surface area contributed by atoms with Crippen LogP contribution in [0.25, 0.3) is 0 Å². The highest BCUT2D eigenvalue weighted by Gasteiger charge is 2.13. The molecule has 2 aromatic rings. The zero-order valence-corrected chi connectivity index (χ0v) is 11.4. The van der Waals surface area contributed by atoms with E-state index >= 15 is 0 Å². The van der Waals surface area contributed by atoms with Crippen LogP contribution in [0.3, 0.4) is 0 Å². The minimum absolute atomic E-state index is 0.0382. The fraction of sp³-hybridized carbons (Fsp3) is 0.235. The number of carbonyl (C=O) groups is 1. The van der Waals surface area contributed by atoms with Crippen LogP contribution in [-0.2, 0) is 11.2 Å². The average Bonchev–Trinajstić information content (AvgIpc) is 2.42. The SMILES string of the molecule is Cc1ccc(NC(=O)C(C)Cc2ccccc2)cc1. The topological polar surface area (TPSA) is 29.1 Å². The third-order valence-electron chi connectivity index (χ3n) is 3.15. The van der Waals surface area contributed by atoms with Crippen molar-refractivity contribution < 1.29 is 4.79 Å². The largest absolute Gasteiger partial charge is 0.326 e. The fourth-order valence-corrected chi connectivity index (χ4v) is 1.96. The Kier molecular flexibility index (Phi) is 4.35. The Hall–Kier alpha value is -2.09. The summed E-state index contributed by atoms with van der Waals surface area (Å²) < 4.78 is 0. The lowest BCUT2D eigenvalue weighted by Gasteiger charge is -2.12. The molecule has 0 saturated carbocycles. The fourth-order valence-electron chi connectivity index (χ4n) is 1.96. The van der Waals surface area contributed by atoms with E-state index in [1.165, 1.54) is 11.1 Å². The first-order valence-corrected chi connectivity index (χ1v) is 6.56. The first-order chi connectivity index (χ1) is 9.15. The molecule has 0 aromatic heterocycles. The highest BCUT2D eigenvalue weighted by Crippen LogP contribution is 2.13. The monoisotopic (exact) mass is 253 g/mol. The Morgan fingerprint density at radius 3 is 2.32 bits per heavy atom. The predicted octanol–water partition coefficient (Wildman–Crippen LogP) is 3.81. The molecule has 0 saturated heterocycles. The molecule has 1 amide bonds. The van der Waals surface area contributed by atoms with Crippen molar-refractivity contribution in [3.63, 3.8) is 0 Å². The molecule has 0 aliphatic heterocycles. The predicted molar refractivity (Wildman–Crippen MR) is 79.1 cm³/mol. The number of anilines is 1. The Bertz CT molecular complexity index is 531. The molecule has 0 radical (unpaired) electrons. The lowest BCUT2D eigenvalue weighted by Crippen LogP contribution is -2.22. The summed E-state index contributed by atoms with van der Waals surface area (Å²) in [5, 5.41) is 2.95. The van der Waals surface area contributed by atoms with E-state index in [1.807, 2.05) is 56.3 Å². The van der Waals surface area contributed by atoms with Crippen molar-refractivity contribution in [3.05, 3.63) is 65.7 Å². The molecule has 1 atom stereocenters. The number of carbonyl (C=O) groups excluding carboxylic acids is 1. The summed E-state index contributed by atoms with van der Waals surface area (Å²) >= 11 is 0. The summed E-state index contributed by atoms with van der Waals surface area (Å²) in [4.78, 5) is 12.1. The molecular formula is C17H19NO. The van der Waals surface area contributed by atoms with Gasteiger partial charge < -0.3 is 5.32 Å². The zero-order valence-electron chi connectivity index (χ0n) is 11.4. The third-order valence-corrected chi connectivity index (χ3v) is 3.15. The van der Waals surface area contributed by atoms with Crippen LogP contribution >= 0.6 is 0 Å². The van der Waals surface area contributed by atoms with Gasteiger partial charge in [-0.2, -0.15) is 0 Å². The minimum Gasteiger partial charge on any atom is -0.326 e. The van der Waals surface area contributed by atoms with Crippen molar-refractivity contribution in [2.45, 2.75) is 20.3 Å². The van der Waals surface area contributed by atoms with Gasteiger partial charge in [0.2, 0.25) is 5.91 Å². The van der Waals surface area contributed by atoms with Crippen LogP contribution in [0.1, 0.15) is 18.1 Å². The smallest absolute Gasteiger partial charge is 0.227 e. The van der Waals surface area contributed by atoms with Crippen LogP contribution in [0.4, 0.5) is 5.69 Å². The Morgan fingerprint density at radius 1 is 1.05 bits per heavy atom. The van der Waals surface area contributed by atoms with Gasteiger partial charge >= 0.3 is 0 Å². The zero-order chi connectivity index (χ0) is 13.7. The van der Waals surface area contributed by atoms with Crippen LogP contribution in [0.15, 0.2) is 54.6 Å². The summed E-state index contributed by atoms with van der Waals surface area (Å²) in [6.45, 7) is 3.99. The molecule has 98 valence electrons. The van der Waals surface area contributed by atoms with Gasteiger partial charge in [0.15, 0.2) is 0 Å². The second-order valence-corrected chi connectivity index (χ2v) is 4.95. The van der Waals surface area contributed by atoms with Crippen LogP contribution in [0.5, 0.6) is 0 Å². The second-order valence-electron chi connectivity index (χ2n) is 4.95. The van der Waals surface area contributed by atoms with Gasteiger partial charge in [-0.1, -0.05) is 55.0 Å². The molecular weight excluding hydrogens is 234 g/mol. The van der Waals surface area contributed by atoms with E-state index in [2.05, 4.69) is 17.4 Å². The van der Waals surface area contributed by atoms with Gasteiger partial charge in [0.05, 0.1) is 0 Å². The number of hydrogen-bond acceptors (Lipinski definition) is 1. The van der Waals surface area contributed by atoms with E-state index < -0.39 is 0 Å². The van der Waals surface area contributed by atoms with Gasteiger partial charge in [0.1, 0.15) is 0 Å². The molecule has 2 heteroatoms. The molecule has 19 heavy (non-hydrogen) atoms. The normalized spacial score (nSPS) is 11.9. The van der Waals surface area contributed by atoms with Crippen molar-refractivity contribution in [2.24, 2.45) is 5.92 Å². The number of benzene rings is 2. The number of amides is 1. The van der Waals surface area contributed by atoms with E-state index in [0.29, 0.717) is 0 Å². The van der Waals surface area contributed by atoms with Crippen molar-refractivity contribution in [1.82, 2.24) is 0 Å². The molecule has 0 aliphatic rings. The Labute approximate surface area is 114 Å². The third kappa shape index (κ3) is 3.95. The molecule has 0 spiro atoms. The summed E-state index contributed by atoms with van der Waals surface area (Å²) in [6, 6.07) is 18.0. The van der Waals surface area contributed by atoms with Gasteiger partial charge in [-0.05, 0) is 31.0 Å². The molecule has 2 rings (SSSR count). The quantitative estimate of drug-likeness (QED) is 0.882. The lowest BCUT2D eigenvalue weighted by atomic mass is 10.0. The van der Waals surface area contributed by atoms with E-state index in [4.69, 9.17) is 0 Å². The summed E-state index contributed by atoms with van der Waals surface area (Å²) in [6.07, 6.45) is 0.762. The lowest BCUT2D eigenvalue weighted by molar-refractivity contribution is -0.119. The number of nitrogens with one attached hydrogen (secondary N) is 1. The van der Waals surface area contributed by atoms with E-state index in [1.54, 1.807) is 0 Å². The van der Waals surface area contributed by atoms with Crippen molar-refractivity contribution in [3.8, 4) is 0 Å². The first-order valence-electron chi connectivity index (χ1n) is 6.56. The number of rotatable bonds is 4. The van der Waals surface area contributed by atoms with Crippen molar-refractivity contribution in [2.75, 3.05) is 5.32 Å². The van der Waals surface area contributed by atoms with Crippen LogP contribution < -0.4 is 5.32 Å². The van der Waals surface area contributed by atoms with Crippen molar-refractivity contribution in [1.29, 1.82) is 0 Å². The maximum absolute atomic E-state index is 12.1. The Morgan fingerprint density at radius 2 is 1.68 bits per heavy atom. The molecule has 2 nitrogen and oxygen atoms in total. The molecule has 0 fully saturated rings. The molecule has 0 aliphatic carbocycles. The summed E-state index contributed by atoms with van der Waals surface area (Å²) in [7, 11) is 0. The van der Waals surface area contributed by atoms with Crippen LogP contribution in [0.2, 0.25) is 0 Å². The number of hydrogen-bond donors (Lipinski definition) is 1. The van der Waals surface area contributed by atoms with Gasteiger partial charge in [-0.25, -0.2) is 0 Å². The molecule has 2 aromatic carbocycles. The standard InChI is InChI=1S/C17H19NO/c1-13-8-10-16(11-9-13)18-17(19)14(2)12-15-6-4-3-5-7-15/h3-11,14H,12H2,1-2H3,(H,18,19). The summed E-state index contributed by atoms with van der Waals surface area (Å²) in [5.74, 6) is 0.0245. The minimum atomic E-state index is -0.0382. The van der Waals surface area contributed by atoms with Crippen LogP contribution in [-0.4, -0.2) is 5.91 Å². The van der Waals surface area contributed by atoms with Gasteiger partial charge in [-0.15, -0.1) is 0 Å². The first kappa shape index (κ1) is 13.3. The molecule has 0 bridgehead atoms. The van der Waals surface area contributed by atoms with Gasteiger partial charge in [0.25, 0.3) is 0 Å². The second kappa shape index (κ2) is 6.19. The highest BCUT2D eigenvalue weighted by molar-refractivity contribution is 5.92. The van der Waals surface area contributed by atoms with Gasteiger partial charge in [-0.3, -0.25) is 4.79 Å². The molecule has 0 heterocycles. The van der Waals surface area contributed by atoms with Gasteiger partial charge in [0, 0.05) is 11.6 Å². The Balaban J connectivity index is 1.94. The van der Waals surface area contributed by atoms with Crippen molar-refractivity contribution >= 4 is 11.6 Å². The van der Waals surface area contributed by atoms with E-state index in [9.17, 15) is 4.79 Å². The van der Waals surface area contributed by atoms with E-state index in [-0.39, 0.29) is 11.8 Å². The maximum Gasteiger partial charge on any atom is 0.227 e. The maximum atomic E-state index is 12.1. The molecule has 1 unspecified atom stereocenters. The molecule has 1 N–H and O–H groups in total. The summed E-state index contributed by atoms with van der Waals surface area (Å²) in [5.41, 5.74) is 3.24. The van der Waals surface area contributed by atoms with Crippen LogP contribution in [0, 0.1) is 12.8 Å². The number of aryl methyl sites for hydroxylation is 1.